The highest BCUT2D eigenvalue weighted by atomic mass is 16.7. The summed E-state index contributed by atoms with van der Waals surface area (Å²) in [7, 11) is 1.55. The molecule has 1 heterocycles. The number of Topliss-reactive ketones (excluding diaryl/α,β-unsaturated/α-hetero) is 1. The second-order valence-corrected chi connectivity index (χ2v) is 2.94. The minimum absolute atomic E-state index is 0.0468. The maximum atomic E-state index is 11.2. The molecule has 0 spiro atoms. The largest absolute Gasteiger partial charge is 0.493 e. The molecule has 4 nitrogen and oxygen atoms in total. The molecule has 0 fully saturated rings. The Morgan fingerprint density at radius 1 is 1.36 bits per heavy atom. The van der Waals surface area contributed by atoms with Gasteiger partial charge in [0.05, 0.1) is 12.7 Å². The highest BCUT2D eigenvalue weighted by Gasteiger charge is 2.24. The quantitative estimate of drug-likeness (QED) is 0.671. The molecule has 14 heavy (non-hydrogen) atoms. The molecule has 0 saturated heterocycles. The number of rotatable bonds is 2. The van der Waals surface area contributed by atoms with Crippen LogP contribution in [0.2, 0.25) is 0 Å². The molecule has 0 unspecified atom stereocenters. The molecule has 0 amide bonds. The lowest BCUT2D eigenvalue weighted by molar-refractivity contribution is 0.101. The molecule has 2 rings (SSSR count). The summed E-state index contributed by atoms with van der Waals surface area (Å²) in [5.74, 6) is 1.54. The van der Waals surface area contributed by atoms with Crippen LogP contribution in [0.3, 0.4) is 0 Å². The molecule has 1 aromatic rings. The van der Waals surface area contributed by atoms with Crippen molar-refractivity contribution in [2.24, 2.45) is 0 Å². The van der Waals surface area contributed by atoms with Crippen molar-refractivity contribution in [1.29, 1.82) is 0 Å². The smallest absolute Gasteiger partial charge is 0.231 e. The van der Waals surface area contributed by atoms with E-state index in [1.165, 1.54) is 6.92 Å². The second kappa shape index (κ2) is 3.21. The minimum atomic E-state index is -0.0468. The molecule has 1 aliphatic heterocycles. The predicted molar refractivity (Wildman–Crippen MR) is 49.1 cm³/mol. The summed E-state index contributed by atoms with van der Waals surface area (Å²) < 4.78 is 15.5. The van der Waals surface area contributed by atoms with Crippen LogP contribution < -0.4 is 14.2 Å². The van der Waals surface area contributed by atoms with Crippen molar-refractivity contribution >= 4 is 5.78 Å². The van der Waals surface area contributed by atoms with Crippen LogP contribution in [0, 0.1) is 0 Å². The zero-order valence-corrected chi connectivity index (χ0v) is 7.99. The monoisotopic (exact) mass is 194 g/mol. The lowest BCUT2D eigenvalue weighted by atomic mass is 10.1. The molecule has 0 saturated carbocycles. The van der Waals surface area contributed by atoms with Crippen LogP contribution in [-0.2, 0) is 0 Å². The van der Waals surface area contributed by atoms with E-state index in [-0.39, 0.29) is 12.6 Å². The molecular formula is C10H10O4. The van der Waals surface area contributed by atoms with Gasteiger partial charge in [-0.15, -0.1) is 0 Å². The van der Waals surface area contributed by atoms with E-state index in [0.717, 1.165) is 0 Å². The SMILES string of the molecule is COc1ccc(C(C)=O)c2c1OCO2. The fraction of sp³-hybridized carbons (Fsp3) is 0.300. The summed E-state index contributed by atoms with van der Waals surface area (Å²) in [4.78, 5) is 11.2. The fourth-order valence-corrected chi connectivity index (χ4v) is 1.41. The maximum absolute atomic E-state index is 11.2. The van der Waals surface area contributed by atoms with Gasteiger partial charge in [-0.2, -0.15) is 0 Å². The van der Waals surface area contributed by atoms with Crippen molar-refractivity contribution in [2.75, 3.05) is 13.9 Å². The van der Waals surface area contributed by atoms with Gasteiger partial charge in [0.2, 0.25) is 12.5 Å². The van der Waals surface area contributed by atoms with E-state index in [9.17, 15) is 4.79 Å². The van der Waals surface area contributed by atoms with Crippen molar-refractivity contribution in [1.82, 2.24) is 0 Å². The van der Waals surface area contributed by atoms with Crippen LogP contribution >= 0.6 is 0 Å². The first-order valence-corrected chi connectivity index (χ1v) is 4.21. The molecule has 0 N–H and O–H groups in total. The predicted octanol–water partition coefficient (Wildman–Crippen LogP) is 1.63. The summed E-state index contributed by atoms with van der Waals surface area (Å²) in [6, 6.07) is 3.37. The van der Waals surface area contributed by atoms with Gasteiger partial charge in [0, 0.05) is 0 Å². The van der Waals surface area contributed by atoms with Gasteiger partial charge in [0.15, 0.2) is 17.3 Å². The van der Waals surface area contributed by atoms with Crippen molar-refractivity contribution < 1.29 is 19.0 Å². The van der Waals surface area contributed by atoms with E-state index >= 15 is 0 Å². The summed E-state index contributed by atoms with van der Waals surface area (Å²) in [6.45, 7) is 1.62. The zero-order valence-electron chi connectivity index (χ0n) is 7.99. The highest BCUT2D eigenvalue weighted by molar-refractivity contribution is 5.98. The van der Waals surface area contributed by atoms with E-state index in [0.29, 0.717) is 22.8 Å². The molecule has 0 aliphatic carbocycles. The average molecular weight is 194 g/mol. The molecule has 0 radical (unpaired) electrons. The number of methoxy groups -OCH3 is 1. The maximum Gasteiger partial charge on any atom is 0.231 e. The van der Waals surface area contributed by atoms with Gasteiger partial charge in [-0.3, -0.25) is 4.79 Å². The number of carbonyl (C=O) groups excluding carboxylic acids is 1. The molecule has 4 heteroatoms. The third-order valence-corrected chi connectivity index (χ3v) is 2.08. The summed E-state index contributed by atoms with van der Waals surface area (Å²) in [5, 5.41) is 0. The Kier molecular flexibility index (Phi) is 2.04. The van der Waals surface area contributed by atoms with E-state index in [1.54, 1.807) is 19.2 Å². The molecule has 0 aromatic heterocycles. The first kappa shape index (κ1) is 8.87. The lowest BCUT2D eigenvalue weighted by Crippen LogP contribution is -1.97. The molecule has 0 bridgehead atoms. The Bertz CT molecular complexity index is 384. The highest BCUT2D eigenvalue weighted by Crippen LogP contribution is 2.43. The van der Waals surface area contributed by atoms with Crippen molar-refractivity contribution in [3.05, 3.63) is 17.7 Å². The van der Waals surface area contributed by atoms with Crippen LogP contribution in [0.15, 0.2) is 12.1 Å². The van der Waals surface area contributed by atoms with Crippen LogP contribution in [0.4, 0.5) is 0 Å². The van der Waals surface area contributed by atoms with Crippen LogP contribution in [0.1, 0.15) is 17.3 Å². The van der Waals surface area contributed by atoms with Gasteiger partial charge in [0.25, 0.3) is 0 Å². The summed E-state index contributed by atoms with van der Waals surface area (Å²) in [5.41, 5.74) is 0.526. The van der Waals surface area contributed by atoms with Crippen LogP contribution in [-0.4, -0.2) is 19.7 Å². The van der Waals surface area contributed by atoms with Gasteiger partial charge in [-0.05, 0) is 19.1 Å². The topological polar surface area (TPSA) is 44.8 Å². The number of ketones is 1. The standard InChI is InChI=1S/C10H10O4/c1-6(11)7-3-4-8(12-2)10-9(7)13-5-14-10/h3-4H,5H2,1-2H3. The van der Waals surface area contributed by atoms with E-state index in [2.05, 4.69) is 0 Å². The van der Waals surface area contributed by atoms with Gasteiger partial charge < -0.3 is 14.2 Å². The first-order valence-electron chi connectivity index (χ1n) is 4.21. The Morgan fingerprint density at radius 3 is 2.71 bits per heavy atom. The Labute approximate surface area is 81.4 Å². The minimum Gasteiger partial charge on any atom is -0.493 e. The van der Waals surface area contributed by atoms with E-state index in [4.69, 9.17) is 14.2 Å². The number of hydrogen-bond donors (Lipinski definition) is 0. The van der Waals surface area contributed by atoms with Crippen LogP contribution in [0.5, 0.6) is 17.2 Å². The normalized spacial score (nSPS) is 12.7. The molecule has 1 aromatic carbocycles. The molecule has 1 aliphatic rings. The van der Waals surface area contributed by atoms with Gasteiger partial charge in [-0.25, -0.2) is 0 Å². The summed E-state index contributed by atoms with van der Waals surface area (Å²) >= 11 is 0. The number of carbonyl (C=O) groups is 1. The van der Waals surface area contributed by atoms with Crippen LogP contribution in [0.25, 0.3) is 0 Å². The third kappa shape index (κ3) is 1.19. The van der Waals surface area contributed by atoms with E-state index < -0.39 is 0 Å². The third-order valence-electron chi connectivity index (χ3n) is 2.08. The zero-order chi connectivity index (χ0) is 10.1. The molecule has 74 valence electrons. The van der Waals surface area contributed by atoms with Gasteiger partial charge >= 0.3 is 0 Å². The van der Waals surface area contributed by atoms with E-state index in [1.807, 2.05) is 0 Å². The Balaban J connectivity index is 2.58. The fourth-order valence-electron chi connectivity index (χ4n) is 1.41. The van der Waals surface area contributed by atoms with Crippen molar-refractivity contribution in [2.45, 2.75) is 6.92 Å². The molecule has 0 atom stereocenters. The van der Waals surface area contributed by atoms with Gasteiger partial charge in [-0.1, -0.05) is 0 Å². The number of ether oxygens (including phenoxy) is 3. The summed E-state index contributed by atoms with van der Waals surface area (Å²) in [6.07, 6.45) is 0. The number of benzene rings is 1. The van der Waals surface area contributed by atoms with Crippen molar-refractivity contribution in [3.8, 4) is 17.2 Å². The Morgan fingerprint density at radius 2 is 2.07 bits per heavy atom. The number of hydrogen-bond acceptors (Lipinski definition) is 4. The average Bonchev–Trinajstić information content (AvgIpc) is 2.64. The first-order chi connectivity index (χ1) is 6.74. The Hall–Kier alpha value is -1.71. The lowest BCUT2D eigenvalue weighted by Gasteiger charge is -2.06. The van der Waals surface area contributed by atoms with Gasteiger partial charge in [0.1, 0.15) is 0 Å². The number of fused-ring (bicyclic) bond motifs is 1. The second-order valence-electron chi connectivity index (χ2n) is 2.94. The molecular weight excluding hydrogens is 184 g/mol. The van der Waals surface area contributed by atoms with Crippen molar-refractivity contribution in [3.63, 3.8) is 0 Å².